The first-order valence-electron chi connectivity index (χ1n) is 11.3. The number of halogens is 1. The van der Waals surface area contributed by atoms with Gasteiger partial charge in [0.2, 0.25) is 5.91 Å². The molecule has 0 fully saturated rings. The van der Waals surface area contributed by atoms with Gasteiger partial charge in [0.1, 0.15) is 0 Å². The van der Waals surface area contributed by atoms with E-state index in [4.69, 9.17) is 17.3 Å². The van der Waals surface area contributed by atoms with Crippen molar-refractivity contribution in [3.63, 3.8) is 0 Å². The Balaban J connectivity index is 1.46. The van der Waals surface area contributed by atoms with Crippen LogP contribution in [0.25, 0.3) is 10.9 Å². The molecule has 2 aromatic heterocycles. The molecule has 0 aliphatic rings. The maximum atomic E-state index is 13.2. The van der Waals surface area contributed by atoms with Gasteiger partial charge in [0, 0.05) is 60.1 Å². The quantitative estimate of drug-likeness (QED) is 0.402. The highest BCUT2D eigenvalue weighted by Gasteiger charge is 2.13. The smallest absolute Gasteiger partial charge is 0.254 e. The number of hydrogen-bond acceptors (Lipinski definition) is 3. The van der Waals surface area contributed by atoms with Crippen LogP contribution in [0.15, 0.2) is 65.7 Å². The van der Waals surface area contributed by atoms with E-state index in [2.05, 4.69) is 35.1 Å². The number of aromatic nitrogens is 2. The van der Waals surface area contributed by atoms with Gasteiger partial charge in [0.15, 0.2) is 0 Å². The number of nitrogens with two attached hydrogens (primary N) is 1. The fraction of sp³-hybridized carbons (Fsp3) is 0.259. The van der Waals surface area contributed by atoms with Gasteiger partial charge < -0.3 is 20.2 Å². The van der Waals surface area contributed by atoms with Crippen LogP contribution >= 0.6 is 11.6 Å². The summed E-state index contributed by atoms with van der Waals surface area (Å²) in [4.78, 5) is 25.9. The van der Waals surface area contributed by atoms with Gasteiger partial charge in [-0.2, -0.15) is 0 Å². The van der Waals surface area contributed by atoms with Crippen LogP contribution in [-0.4, -0.2) is 15.0 Å². The number of carbonyl (C=O) groups is 1. The van der Waals surface area contributed by atoms with E-state index in [1.807, 2.05) is 31.2 Å². The van der Waals surface area contributed by atoms with Gasteiger partial charge in [-0.15, -0.1) is 0 Å². The summed E-state index contributed by atoms with van der Waals surface area (Å²) >= 11 is 6.09. The Bertz CT molecular complexity index is 1400. The molecule has 0 unspecified atom stereocenters. The van der Waals surface area contributed by atoms with Crippen molar-refractivity contribution in [3.05, 3.63) is 104 Å². The van der Waals surface area contributed by atoms with Crippen molar-refractivity contribution in [2.45, 2.75) is 46.4 Å². The Labute approximate surface area is 204 Å². The summed E-state index contributed by atoms with van der Waals surface area (Å²) in [6, 6.07) is 15.6. The second-order valence-corrected chi connectivity index (χ2v) is 9.01. The number of hydrogen-bond donors (Lipinski definition) is 2. The molecule has 3 N–H and O–H groups in total. The van der Waals surface area contributed by atoms with Gasteiger partial charge >= 0.3 is 0 Å². The second kappa shape index (κ2) is 10.3. The first kappa shape index (κ1) is 23.8. The molecule has 7 heteroatoms. The average Bonchev–Trinajstić information content (AvgIpc) is 3.15. The number of fused-ring (bicyclic) bond motifs is 1. The number of aryl methyl sites for hydroxylation is 4. The summed E-state index contributed by atoms with van der Waals surface area (Å²) in [5.74, 6) is -0.215. The Morgan fingerprint density at radius 1 is 1.00 bits per heavy atom. The molecule has 0 aliphatic carbocycles. The Morgan fingerprint density at radius 3 is 2.56 bits per heavy atom. The van der Waals surface area contributed by atoms with Crippen LogP contribution in [-0.2, 0) is 37.4 Å². The van der Waals surface area contributed by atoms with Crippen molar-refractivity contribution in [1.82, 2.24) is 14.5 Å². The minimum Gasteiger partial charge on any atom is -0.352 e. The maximum absolute atomic E-state index is 13.2. The third-order valence-corrected chi connectivity index (χ3v) is 6.51. The van der Waals surface area contributed by atoms with E-state index in [9.17, 15) is 9.59 Å². The summed E-state index contributed by atoms with van der Waals surface area (Å²) < 4.78 is 3.85. The zero-order valence-corrected chi connectivity index (χ0v) is 20.2. The van der Waals surface area contributed by atoms with Gasteiger partial charge in [0.25, 0.3) is 5.56 Å². The zero-order valence-electron chi connectivity index (χ0n) is 19.5. The lowest BCUT2D eigenvalue weighted by Gasteiger charge is -2.13. The fourth-order valence-corrected chi connectivity index (χ4v) is 4.50. The molecule has 0 spiro atoms. The van der Waals surface area contributed by atoms with Crippen LogP contribution in [0.1, 0.15) is 27.8 Å². The standard InChI is InChI=1S/C27H29ClN4O2/c1-18-9-10-31(11-12-32-17-19(2)23-5-3-4-6-25(23)32)27(34)24(18)14-26(33)30-16-21-13-22(28)8-7-20(21)15-29/h3-10,13,17H,11-12,14-16,29H2,1-2H3,(H,30,33). The molecule has 0 saturated heterocycles. The van der Waals surface area contributed by atoms with Crippen molar-refractivity contribution >= 4 is 28.4 Å². The molecule has 0 aliphatic heterocycles. The molecule has 4 rings (SSSR count). The monoisotopic (exact) mass is 476 g/mol. The van der Waals surface area contributed by atoms with Crippen molar-refractivity contribution in [3.8, 4) is 0 Å². The number of para-hydroxylation sites is 1. The van der Waals surface area contributed by atoms with Gasteiger partial charge in [-0.3, -0.25) is 9.59 Å². The van der Waals surface area contributed by atoms with Crippen LogP contribution in [0.3, 0.4) is 0 Å². The SMILES string of the molecule is Cc1ccn(CCn2cc(C)c3ccccc32)c(=O)c1CC(=O)NCc1cc(Cl)ccc1CN. The molecule has 176 valence electrons. The highest BCUT2D eigenvalue weighted by molar-refractivity contribution is 6.30. The third kappa shape index (κ3) is 5.08. The molecule has 0 radical (unpaired) electrons. The summed E-state index contributed by atoms with van der Waals surface area (Å²) in [7, 11) is 0. The maximum Gasteiger partial charge on any atom is 0.254 e. The number of benzene rings is 2. The van der Waals surface area contributed by atoms with Crippen LogP contribution < -0.4 is 16.6 Å². The first-order valence-corrected chi connectivity index (χ1v) is 11.7. The third-order valence-electron chi connectivity index (χ3n) is 6.27. The molecular formula is C27H29ClN4O2. The van der Waals surface area contributed by atoms with Crippen LogP contribution in [0.2, 0.25) is 5.02 Å². The predicted octanol–water partition coefficient (Wildman–Crippen LogP) is 4.09. The lowest BCUT2D eigenvalue weighted by molar-refractivity contribution is -0.120. The van der Waals surface area contributed by atoms with Gasteiger partial charge in [-0.25, -0.2) is 0 Å². The molecule has 0 bridgehead atoms. The summed E-state index contributed by atoms with van der Waals surface area (Å²) in [6.07, 6.45) is 3.94. The number of pyridine rings is 1. The van der Waals surface area contributed by atoms with Crippen LogP contribution in [0, 0.1) is 13.8 Å². The van der Waals surface area contributed by atoms with Crippen LogP contribution in [0.4, 0.5) is 0 Å². The molecule has 4 aromatic rings. The van der Waals surface area contributed by atoms with Crippen molar-refractivity contribution in [2.24, 2.45) is 5.73 Å². The number of carbonyl (C=O) groups excluding carboxylic acids is 1. The molecule has 0 saturated carbocycles. The van der Waals surface area contributed by atoms with E-state index in [1.54, 1.807) is 22.9 Å². The highest BCUT2D eigenvalue weighted by atomic mass is 35.5. The average molecular weight is 477 g/mol. The fourth-order valence-electron chi connectivity index (χ4n) is 4.31. The largest absolute Gasteiger partial charge is 0.352 e. The van der Waals surface area contributed by atoms with Crippen LogP contribution in [0.5, 0.6) is 0 Å². The normalized spacial score (nSPS) is 11.2. The molecule has 1 amide bonds. The van der Waals surface area contributed by atoms with E-state index >= 15 is 0 Å². The molecule has 34 heavy (non-hydrogen) atoms. The van der Waals surface area contributed by atoms with Gasteiger partial charge in [0.05, 0.1) is 6.42 Å². The number of nitrogens with one attached hydrogen (secondary N) is 1. The second-order valence-electron chi connectivity index (χ2n) is 8.57. The molecule has 2 heterocycles. The lowest BCUT2D eigenvalue weighted by Crippen LogP contribution is -2.31. The van der Waals surface area contributed by atoms with E-state index in [-0.39, 0.29) is 17.9 Å². The summed E-state index contributed by atoms with van der Waals surface area (Å²) in [5, 5.41) is 4.71. The van der Waals surface area contributed by atoms with Crippen molar-refractivity contribution in [2.75, 3.05) is 0 Å². The minimum absolute atomic E-state index is 0.0234. The molecule has 2 aromatic carbocycles. The van der Waals surface area contributed by atoms with Crippen molar-refractivity contribution < 1.29 is 4.79 Å². The first-order chi connectivity index (χ1) is 16.4. The Kier molecular flexibility index (Phi) is 7.20. The lowest BCUT2D eigenvalue weighted by atomic mass is 10.1. The molecule has 6 nitrogen and oxygen atoms in total. The topological polar surface area (TPSA) is 82.0 Å². The zero-order chi connectivity index (χ0) is 24.2. The van der Waals surface area contributed by atoms with E-state index < -0.39 is 0 Å². The Morgan fingerprint density at radius 2 is 1.76 bits per heavy atom. The highest BCUT2D eigenvalue weighted by Crippen LogP contribution is 2.20. The van der Waals surface area contributed by atoms with Gasteiger partial charge in [-0.05, 0) is 60.4 Å². The minimum atomic E-state index is -0.215. The number of amides is 1. The van der Waals surface area contributed by atoms with Crippen molar-refractivity contribution in [1.29, 1.82) is 0 Å². The van der Waals surface area contributed by atoms with E-state index in [0.717, 1.165) is 22.2 Å². The molecule has 0 atom stereocenters. The van der Waals surface area contributed by atoms with E-state index in [0.29, 0.717) is 36.8 Å². The Hall–Kier alpha value is -3.35. The van der Waals surface area contributed by atoms with Gasteiger partial charge in [-0.1, -0.05) is 35.9 Å². The predicted molar refractivity (Wildman–Crippen MR) is 137 cm³/mol. The van der Waals surface area contributed by atoms with E-state index in [1.165, 1.54) is 10.9 Å². The summed E-state index contributed by atoms with van der Waals surface area (Å²) in [5.41, 5.74) is 11.1. The molecular weight excluding hydrogens is 448 g/mol. The summed E-state index contributed by atoms with van der Waals surface area (Å²) in [6.45, 7) is 5.81. The number of rotatable bonds is 8. The number of nitrogens with zero attached hydrogens (tertiary/aromatic N) is 2.